The maximum Gasteiger partial charge on any atom is 0.274 e. The number of benzene rings is 2. The van der Waals surface area contributed by atoms with Crippen molar-refractivity contribution in [1.29, 1.82) is 0 Å². The van der Waals surface area contributed by atoms with Gasteiger partial charge in [-0.15, -0.1) is 11.3 Å². The van der Waals surface area contributed by atoms with Gasteiger partial charge in [0.1, 0.15) is 11.5 Å². The summed E-state index contributed by atoms with van der Waals surface area (Å²) < 4.78 is 14.6. The van der Waals surface area contributed by atoms with Crippen LogP contribution in [-0.4, -0.2) is 40.8 Å². The van der Waals surface area contributed by atoms with Crippen LogP contribution < -0.4 is 5.32 Å². The summed E-state index contributed by atoms with van der Waals surface area (Å²) in [7, 11) is 0. The zero-order valence-corrected chi connectivity index (χ0v) is 19.7. The lowest BCUT2D eigenvalue weighted by Gasteiger charge is -2.27. The predicted molar refractivity (Wildman–Crippen MR) is 125 cm³/mol. The van der Waals surface area contributed by atoms with Crippen LogP contribution in [-0.2, 0) is 0 Å². The Morgan fingerprint density at radius 1 is 1.25 bits per heavy atom. The summed E-state index contributed by atoms with van der Waals surface area (Å²) in [5, 5.41) is 3.76. The molecule has 1 saturated heterocycles. The lowest BCUT2D eigenvalue weighted by atomic mass is 10.1. The summed E-state index contributed by atoms with van der Waals surface area (Å²) in [6.45, 7) is 2.91. The molecule has 0 spiro atoms. The van der Waals surface area contributed by atoms with Gasteiger partial charge in [-0.1, -0.05) is 34.1 Å². The largest absolute Gasteiger partial charge is 0.350 e. The molecule has 3 aromatic rings. The number of rotatable bonds is 5. The minimum Gasteiger partial charge on any atom is -0.350 e. The first-order valence-electron chi connectivity index (χ1n) is 10.5. The van der Waals surface area contributed by atoms with Crippen LogP contribution in [0.4, 0.5) is 4.39 Å². The molecule has 2 aliphatic rings. The molecule has 1 N–H and O–H groups in total. The van der Waals surface area contributed by atoms with Gasteiger partial charge in [0.15, 0.2) is 0 Å². The summed E-state index contributed by atoms with van der Waals surface area (Å²) in [5.74, 6) is 0.223. The summed E-state index contributed by atoms with van der Waals surface area (Å²) >= 11 is 4.78. The number of aryl methyl sites for hydroxylation is 1. The van der Waals surface area contributed by atoms with Crippen LogP contribution in [0.2, 0.25) is 0 Å². The molecule has 2 amide bonds. The van der Waals surface area contributed by atoms with Crippen LogP contribution in [0, 0.1) is 24.6 Å². The molecule has 1 aliphatic heterocycles. The number of amides is 2. The smallest absolute Gasteiger partial charge is 0.274 e. The van der Waals surface area contributed by atoms with Gasteiger partial charge >= 0.3 is 0 Å². The number of carbonyl (C=O) groups excluding carboxylic acids is 2. The normalized spacial score (nSPS) is 21.3. The Balaban J connectivity index is 1.36. The summed E-state index contributed by atoms with van der Waals surface area (Å²) in [4.78, 5) is 33.2. The molecule has 2 aromatic carbocycles. The Kier molecular flexibility index (Phi) is 5.59. The Hall–Kier alpha value is -2.58. The lowest BCUT2D eigenvalue weighted by molar-refractivity contribution is 0.0690. The molecule has 8 heteroatoms. The van der Waals surface area contributed by atoms with Crippen LogP contribution in [0.1, 0.15) is 32.3 Å². The first kappa shape index (κ1) is 21.3. The van der Waals surface area contributed by atoms with Crippen molar-refractivity contribution < 1.29 is 14.0 Å². The number of nitrogens with one attached hydrogen (secondary N) is 1. The summed E-state index contributed by atoms with van der Waals surface area (Å²) in [5.41, 5.74) is 1.59. The molecule has 5 nitrogen and oxygen atoms in total. The third-order valence-electron chi connectivity index (χ3n) is 6.15. The van der Waals surface area contributed by atoms with Crippen molar-refractivity contribution in [3.05, 3.63) is 75.1 Å². The molecule has 32 heavy (non-hydrogen) atoms. The van der Waals surface area contributed by atoms with Crippen molar-refractivity contribution >= 4 is 39.1 Å². The third kappa shape index (κ3) is 4.09. The Bertz CT molecular complexity index is 1210. The zero-order valence-electron chi connectivity index (χ0n) is 17.3. The standard InChI is InChI=1S/C24H21BrFN3O2S/c1-13-28-21(22(32-13)14-4-3-7-18(26)9-14)24(31)29-12-16-10-19(16)20(29)11-27-23(30)15-5-2-6-17(25)8-15/h2-9,16,19-20H,10-12H2,1H3,(H,27,30)/t16-,19?,20-/m1/s1. The number of aromatic nitrogens is 1. The molecule has 1 aliphatic carbocycles. The van der Waals surface area contributed by atoms with Crippen molar-refractivity contribution in [3.63, 3.8) is 0 Å². The molecule has 3 atom stereocenters. The quantitative estimate of drug-likeness (QED) is 0.527. The van der Waals surface area contributed by atoms with Crippen LogP contribution in [0.3, 0.4) is 0 Å². The monoisotopic (exact) mass is 513 g/mol. The Labute approximate surface area is 197 Å². The van der Waals surface area contributed by atoms with Crippen LogP contribution in [0.25, 0.3) is 10.4 Å². The minimum absolute atomic E-state index is 0.0639. The SMILES string of the molecule is Cc1nc(C(=O)N2C[C@H]3CC3[C@H]2CNC(=O)c2cccc(Br)c2)c(-c2cccc(F)c2)s1. The highest BCUT2D eigenvalue weighted by Gasteiger charge is 2.54. The second-order valence-corrected chi connectivity index (χ2v) is 10.4. The van der Waals surface area contributed by atoms with Gasteiger partial charge in [0.2, 0.25) is 0 Å². The van der Waals surface area contributed by atoms with Crippen molar-refractivity contribution in [2.24, 2.45) is 11.8 Å². The van der Waals surface area contributed by atoms with Gasteiger partial charge in [-0.05, 0) is 61.1 Å². The van der Waals surface area contributed by atoms with E-state index in [2.05, 4.69) is 26.2 Å². The zero-order chi connectivity index (χ0) is 22.4. The fourth-order valence-corrected chi connectivity index (χ4v) is 5.83. The molecular formula is C24H21BrFN3O2S. The summed E-state index contributed by atoms with van der Waals surface area (Å²) in [6, 6.07) is 13.4. The van der Waals surface area contributed by atoms with Gasteiger partial charge in [-0.25, -0.2) is 9.37 Å². The number of likely N-dealkylation sites (tertiary alicyclic amines) is 1. The maximum absolute atomic E-state index is 13.8. The highest BCUT2D eigenvalue weighted by Crippen LogP contribution is 2.50. The van der Waals surface area contributed by atoms with Crippen molar-refractivity contribution in [1.82, 2.24) is 15.2 Å². The predicted octanol–water partition coefficient (Wildman–Crippen LogP) is 4.91. The van der Waals surface area contributed by atoms with Gasteiger partial charge < -0.3 is 10.2 Å². The average Bonchev–Trinajstić information content (AvgIpc) is 3.28. The molecule has 1 saturated carbocycles. The first-order chi connectivity index (χ1) is 15.4. The second-order valence-electron chi connectivity index (χ2n) is 8.33. The fourth-order valence-electron chi connectivity index (χ4n) is 4.53. The van der Waals surface area contributed by atoms with Crippen LogP contribution in [0.15, 0.2) is 53.0 Å². The number of hydrogen-bond acceptors (Lipinski definition) is 4. The number of halogens is 2. The topological polar surface area (TPSA) is 62.3 Å². The molecular weight excluding hydrogens is 493 g/mol. The molecule has 2 heterocycles. The van der Waals surface area contributed by atoms with Crippen molar-refractivity contribution in [2.45, 2.75) is 19.4 Å². The van der Waals surface area contributed by atoms with E-state index in [0.717, 1.165) is 15.9 Å². The molecule has 0 bridgehead atoms. The number of carbonyl (C=O) groups is 2. The number of thiazole rings is 1. The van der Waals surface area contributed by atoms with E-state index in [-0.39, 0.29) is 23.7 Å². The Morgan fingerprint density at radius 3 is 2.84 bits per heavy atom. The van der Waals surface area contributed by atoms with Gasteiger partial charge in [-0.2, -0.15) is 0 Å². The number of piperidine rings is 1. The van der Waals surface area contributed by atoms with E-state index in [1.54, 1.807) is 24.3 Å². The molecule has 2 fully saturated rings. The van der Waals surface area contributed by atoms with Gasteiger partial charge in [0, 0.05) is 23.1 Å². The van der Waals surface area contributed by atoms with Crippen LogP contribution >= 0.6 is 27.3 Å². The van der Waals surface area contributed by atoms with E-state index >= 15 is 0 Å². The van der Waals surface area contributed by atoms with E-state index in [0.29, 0.717) is 46.6 Å². The van der Waals surface area contributed by atoms with E-state index in [1.807, 2.05) is 24.0 Å². The van der Waals surface area contributed by atoms with E-state index in [9.17, 15) is 14.0 Å². The van der Waals surface area contributed by atoms with E-state index in [1.165, 1.54) is 23.5 Å². The number of nitrogens with zero attached hydrogens (tertiary/aromatic N) is 2. The fraction of sp³-hybridized carbons (Fsp3) is 0.292. The molecule has 1 unspecified atom stereocenters. The molecule has 164 valence electrons. The lowest BCUT2D eigenvalue weighted by Crippen LogP contribution is -2.45. The molecule has 0 radical (unpaired) electrons. The average molecular weight is 514 g/mol. The van der Waals surface area contributed by atoms with Gasteiger partial charge in [0.25, 0.3) is 11.8 Å². The van der Waals surface area contributed by atoms with E-state index in [4.69, 9.17) is 0 Å². The Morgan fingerprint density at radius 2 is 2.06 bits per heavy atom. The van der Waals surface area contributed by atoms with Gasteiger partial charge in [0.05, 0.1) is 15.9 Å². The third-order valence-corrected chi connectivity index (χ3v) is 7.66. The minimum atomic E-state index is -0.345. The van der Waals surface area contributed by atoms with Crippen LogP contribution in [0.5, 0.6) is 0 Å². The number of fused-ring (bicyclic) bond motifs is 1. The maximum atomic E-state index is 13.8. The van der Waals surface area contributed by atoms with Crippen molar-refractivity contribution in [3.8, 4) is 10.4 Å². The second kappa shape index (κ2) is 8.41. The van der Waals surface area contributed by atoms with Crippen molar-refractivity contribution in [2.75, 3.05) is 13.1 Å². The van der Waals surface area contributed by atoms with E-state index < -0.39 is 0 Å². The van der Waals surface area contributed by atoms with Gasteiger partial charge in [-0.3, -0.25) is 9.59 Å². The highest BCUT2D eigenvalue weighted by molar-refractivity contribution is 9.10. The molecule has 5 rings (SSSR count). The highest BCUT2D eigenvalue weighted by atomic mass is 79.9. The molecule has 1 aromatic heterocycles. The summed E-state index contributed by atoms with van der Waals surface area (Å²) in [6.07, 6.45) is 1.08. The number of hydrogen-bond donors (Lipinski definition) is 1. The first-order valence-corrected chi connectivity index (χ1v) is 12.1.